The van der Waals surface area contributed by atoms with Crippen LogP contribution in [0.25, 0.3) is 33.1 Å². The highest BCUT2D eigenvalue weighted by Crippen LogP contribution is 2.66. The Morgan fingerprint density at radius 2 is 1.58 bits per heavy atom. The normalized spacial score (nSPS) is 22.5. The van der Waals surface area contributed by atoms with Crippen molar-refractivity contribution < 1.29 is 70.9 Å². The van der Waals surface area contributed by atoms with Gasteiger partial charge in [0.15, 0.2) is 23.6 Å². The van der Waals surface area contributed by atoms with Crippen LogP contribution < -0.4 is 25.5 Å². The molecule has 1 saturated heterocycles. The molecule has 0 saturated carbocycles. The average Bonchev–Trinajstić information content (AvgIpc) is 3.59. The van der Waals surface area contributed by atoms with Gasteiger partial charge in [0.05, 0.1) is 18.7 Å². The summed E-state index contributed by atoms with van der Waals surface area (Å²) in [6.45, 7) is -0.923. The molecule has 0 bridgehead atoms. The molecular weight excluding hydrogens is 767 g/mol. The molecule has 5 aromatic rings. The van der Waals surface area contributed by atoms with Crippen LogP contribution in [0.4, 0.5) is 23.0 Å². The molecule has 6 atom stereocenters. The summed E-state index contributed by atoms with van der Waals surface area (Å²) >= 11 is 0. The Labute approximate surface area is 296 Å². The first-order valence-electron chi connectivity index (χ1n) is 15.2. The number of rotatable bonds is 10. The molecule has 53 heavy (non-hydrogen) atoms. The standard InChI is InChI=1S/C29H28N5O16P3/c30-27-22-28(32-12-31-27)34(29-25(38)24(37)20(11-35)47-29)13-33(22)21-23(36)17-7-3-4-8-19(17)46-26(21)18-10-15(9-14-5-1-2-6-16(14)18)48-52(42,43)50-53(44,45)49-51(39,40)41/h1-10,12,20,24-25,29,35,37-38H,11,13H2,(H,42,43)(H,44,45)(H2,30,31,32)(H2,39,40,41)/t20-,24-,25-,29-/m1/s1. The van der Waals surface area contributed by atoms with Crippen LogP contribution in [0.5, 0.6) is 5.75 Å². The lowest BCUT2D eigenvalue weighted by atomic mass is 10.00. The van der Waals surface area contributed by atoms with E-state index in [9.17, 15) is 43.6 Å². The lowest BCUT2D eigenvalue weighted by Crippen LogP contribution is -2.46. The van der Waals surface area contributed by atoms with Crippen LogP contribution in [-0.2, 0) is 27.1 Å². The highest BCUT2D eigenvalue weighted by Gasteiger charge is 2.49. The third kappa shape index (κ3) is 7.07. The largest absolute Gasteiger partial charge is 0.536 e. The van der Waals surface area contributed by atoms with Gasteiger partial charge in [-0.2, -0.15) is 8.62 Å². The summed E-state index contributed by atoms with van der Waals surface area (Å²) in [7, 11) is -17.2. The summed E-state index contributed by atoms with van der Waals surface area (Å²) in [5.74, 6) is -0.703. The lowest BCUT2D eigenvalue weighted by molar-refractivity contribution is -0.0221. The van der Waals surface area contributed by atoms with Crippen LogP contribution in [0.1, 0.15) is 0 Å². The number of aromatic nitrogens is 2. The predicted molar refractivity (Wildman–Crippen MR) is 184 cm³/mol. The van der Waals surface area contributed by atoms with Gasteiger partial charge in [0.25, 0.3) is 0 Å². The second-order valence-electron chi connectivity index (χ2n) is 11.7. The van der Waals surface area contributed by atoms with Gasteiger partial charge < -0.3 is 59.2 Å². The van der Waals surface area contributed by atoms with Crippen molar-refractivity contribution in [3.05, 3.63) is 77.2 Å². The van der Waals surface area contributed by atoms with E-state index in [0.717, 1.165) is 12.4 Å². The molecule has 2 aromatic heterocycles. The topological polar surface area (TPSA) is 318 Å². The molecule has 4 heterocycles. The van der Waals surface area contributed by atoms with Crippen molar-refractivity contribution in [2.75, 3.05) is 28.8 Å². The SMILES string of the molecule is Nc1ncnc2c1N(c1c(-c3cc(OP(=O)(O)OP(=O)(O)OP(=O)(O)O)cc4ccccc34)oc3ccccc3c1=O)CN2[C@@H]1O[C@H](CO)[C@@H](O)[C@H]1O. The lowest BCUT2D eigenvalue weighted by Gasteiger charge is -2.28. The van der Waals surface area contributed by atoms with Crippen LogP contribution in [-0.4, -0.2) is 82.7 Å². The van der Waals surface area contributed by atoms with Crippen LogP contribution >= 0.6 is 23.5 Å². The summed E-state index contributed by atoms with van der Waals surface area (Å²) in [5.41, 5.74) is 5.80. The predicted octanol–water partition coefficient (Wildman–Crippen LogP) is 2.05. The zero-order valence-corrected chi connectivity index (χ0v) is 29.3. The monoisotopic (exact) mass is 795 g/mol. The Bertz CT molecular complexity index is 2460. The Morgan fingerprint density at radius 3 is 2.28 bits per heavy atom. The summed E-state index contributed by atoms with van der Waals surface area (Å²) in [6.07, 6.45) is -4.33. The number of phosphoric acid groups is 3. The number of hydrogen-bond acceptors (Lipinski definition) is 17. The van der Waals surface area contributed by atoms with Crippen LogP contribution in [0.2, 0.25) is 0 Å². The Kier molecular flexibility index (Phi) is 9.45. The highest BCUT2D eigenvalue weighted by molar-refractivity contribution is 7.66. The van der Waals surface area contributed by atoms with Gasteiger partial charge in [-0.25, -0.2) is 23.7 Å². The number of aliphatic hydroxyl groups is 3. The van der Waals surface area contributed by atoms with Gasteiger partial charge >= 0.3 is 23.5 Å². The number of para-hydroxylation sites is 1. The van der Waals surface area contributed by atoms with Gasteiger partial charge in [0, 0.05) is 5.56 Å². The molecule has 24 heteroatoms. The van der Waals surface area contributed by atoms with Gasteiger partial charge in [-0.1, -0.05) is 36.4 Å². The number of phosphoric ester groups is 1. The fraction of sp³-hybridized carbons (Fsp3) is 0.207. The smallest absolute Gasteiger partial charge is 0.454 e. The van der Waals surface area contributed by atoms with E-state index < -0.39 is 65.8 Å². The van der Waals surface area contributed by atoms with E-state index in [0.29, 0.717) is 10.8 Å². The Morgan fingerprint density at radius 1 is 0.887 bits per heavy atom. The minimum absolute atomic E-state index is 0.0536. The number of nitrogen functional groups attached to an aromatic ring is 1. The first kappa shape index (κ1) is 37.0. The molecule has 1 fully saturated rings. The zero-order valence-electron chi connectivity index (χ0n) is 26.6. The number of aliphatic hydroxyl groups excluding tert-OH is 3. The molecule has 21 nitrogen and oxygen atoms in total. The van der Waals surface area contributed by atoms with E-state index in [1.165, 1.54) is 28.0 Å². The quantitative estimate of drug-likeness (QED) is 0.0938. The summed E-state index contributed by atoms with van der Waals surface area (Å²) in [6, 6.07) is 15.0. The molecule has 280 valence electrons. The maximum atomic E-state index is 14.6. The number of anilines is 4. The van der Waals surface area contributed by atoms with Crippen molar-refractivity contribution in [1.82, 2.24) is 9.97 Å². The third-order valence-corrected chi connectivity index (χ3v) is 12.0. The molecule has 2 unspecified atom stereocenters. The van der Waals surface area contributed by atoms with Crippen molar-refractivity contribution in [2.24, 2.45) is 0 Å². The number of fused-ring (bicyclic) bond motifs is 3. The number of hydrogen-bond donors (Lipinski definition) is 8. The third-order valence-electron chi connectivity index (χ3n) is 8.25. The minimum Gasteiger partial charge on any atom is -0.454 e. The fourth-order valence-corrected chi connectivity index (χ4v) is 9.19. The number of nitrogens with two attached hydrogens (primary N) is 1. The van der Waals surface area contributed by atoms with E-state index in [4.69, 9.17) is 29.2 Å². The molecular formula is C29H28N5O16P3. The van der Waals surface area contributed by atoms with Gasteiger partial charge in [-0.15, -0.1) is 0 Å². The molecule has 9 N–H and O–H groups in total. The van der Waals surface area contributed by atoms with Gasteiger partial charge in [0.2, 0.25) is 5.43 Å². The van der Waals surface area contributed by atoms with E-state index in [2.05, 4.69) is 18.6 Å². The maximum Gasteiger partial charge on any atom is 0.536 e. The van der Waals surface area contributed by atoms with Gasteiger partial charge in [-0.3, -0.25) is 9.69 Å². The molecule has 3 aromatic carbocycles. The van der Waals surface area contributed by atoms with Crippen molar-refractivity contribution in [1.29, 1.82) is 0 Å². The van der Waals surface area contributed by atoms with Crippen molar-refractivity contribution >= 4 is 68.2 Å². The van der Waals surface area contributed by atoms with Crippen LogP contribution in [0.15, 0.2) is 76.2 Å². The highest BCUT2D eigenvalue weighted by atomic mass is 31.3. The average molecular weight is 795 g/mol. The maximum absolute atomic E-state index is 14.6. The van der Waals surface area contributed by atoms with E-state index in [1.54, 1.807) is 36.4 Å². The molecule has 2 aliphatic heterocycles. The second-order valence-corrected chi connectivity index (χ2v) is 16.0. The molecule has 0 amide bonds. The summed E-state index contributed by atoms with van der Waals surface area (Å²) in [4.78, 5) is 63.6. The molecule has 2 aliphatic rings. The molecule has 0 aliphatic carbocycles. The van der Waals surface area contributed by atoms with E-state index in [-0.39, 0.29) is 52.0 Å². The van der Waals surface area contributed by atoms with Gasteiger partial charge in [-0.05, 0) is 35.0 Å². The minimum atomic E-state index is -5.87. The second kappa shape index (κ2) is 13.5. The van der Waals surface area contributed by atoms with Crippen LogP contribution in [0.3, 0.4) is 0 Å². The summed E-state index contributed by atoms with van der Waals surface area (Å²) in [5, 5.41) is 32.0. The first-order valence-corrected chi connectivity index (χ1v) is 19.7. The fourth-order valence-electron chi connectivity index (χ4n) is 6.18. The molecule has 0 radical (unpaired) electrons. The van der Waals surface area contributed by atoms with E-state index >= 15 is 0 Å². The molecule has 7 rings (SSSR count). The van der Waals surface area contributed by atoms with Crippen molar-refractivity contribution in [3.8, 4) is 17.1 Å². The van der Waals surface area contributed by atoms with Gasteiger partial charge in [0.1, 0.15) is 47.3 Å². The number of benzene rings is 3. The van der Waals surface area contributed by atoms with E-state index in [1.807, 2.05) is 0 Å². The first-order chi connectivity index (χ1) is 25.0. The number of nitrogens with zero attached hydrogens (tertiary/aromatic N) is 4. The Hall–Kier alpha value is -4.30. The Balaban J connectivity index is 1.41. The summed E-state index contributed by atoms with van der Waals surface area (Å²) < 4.78 is 61.0. The molecule has 0 spiro atoms. The zero-order chi connectivity index (χ0) is 38.0. The van der Waals surface area contributed by atoms with Crippen LogP contribution in [0, 0.1) is 0 Å². The van der Waals surface area contributed by atoms with Crippen molar-refractivity contribution in [3.63, 3.8) is 0 Å². The van der Waals surface area contributed by atoms with Crippen molar-refractivity contribution in [2.45, 2.75) is 24.5 Å². The number of ether oxygens (including phenoxy) is 1.